The van der Waals surface area contributed by atoms with Gasteiger partial charge in [0.05, 0.1) is 5.69 Å². The van der Waals surface area contributed by atoms with Crippen molar-refractivity contribution in [3.63, 3.8) is 0 Å². The minimum absolute atomic E-state index is 0.111. The van der Waals surface area contributed by atoms with E-state index in [-0.39, 0.29) is 11.8 Å². The van der Waals surface area contributed by atoms with Crippen LogP contribution >= 0.6 is 0 Å². The van der Waals surface area contributed by atoms with E-state index in [9.17, 15) is 9.59 Å². The molecule has 0 fully saturated rings. The highest BCUT2D eigenvalue weighted by Crippen LogP contribution is 2.35. The van der Waals surface area contributed by atoms with Gasteiger partial charge in [-0.05, 0) is 62.2 Å². The summed E-state index contributed by atoms with van der Waals surface area (Å²) in [4.78, 5) is 26.0. The Morgan fingerprint density at radius 3 is 2.58 bits per heavy atom. The molecule has 0 spiro atoms. The molecular formula is C19H20N2O3. The lowest BCUT2D eigenvalue weighted by atomic mass is 10.1. The summed E-state index contributed by atoms with van der Waals surface area (Å²) in [5, 5.41) is 2.87. The number of hydrogen-bond donors (Lipinski definition) is 1. The van der Waals surface area contributed by atoms with E-state index in [1.807, 2.05) is 26.0 Å². The summed E-state index contributed by atoms with van der Waals surface area (Å²) in [5.74, 6) is 0.339. The normalized spacial score (nSPS) is 16.4. The standard InChI is InChI=1S/C19H20N2O3/c1-11-5-6-14(9-12(11)2)18(22)20-15-7-8-17-16(10-15)21(4)19(23)13(3)24-17/h5-10,13H,1-4H3,(H,20,22). The molecule has 124 valence electrons. The summed E-state index contributed by atoms with van der Waals surface area (Å²) < 4.78 is 5.58. The molecule has 0 bridgehead atoms. The zero-order valence-electron chi connectivity index (χ0n) is 14.2. The van der Waals surface area contributed by atoms with Crippen LogP contribution in [0.3, 0.4) is 0 Å². The van der Waals surface area contributed by atoms with Crippen molar-refractivity contribution in [2.45, 2.75) is 26.9 Å². The lowest BCUT2D eigenvalue weighted by Gasteiger charge is -2.30. The van der Waals surface area contributed by atoms with Gasteiger partial charge in [0.2, 0.25) is 0 Å². The first-order chi connectivity index (χ1) is 11.4. The fourth-order valence-corrected chi connectivity index (χ4v) is 2.68. The fourth-order valence-electron chi connectivity index (χ4n) is 2.68. The van der Waals surface area contributed by atoms with Crippen molar-refractivity contribution >= 4 is 23.2 Å². The number of carbonyl (C=O) groups excluding carboxylic acids is 2. The fraction of sp³-hybridized carbons (Fsp3) is 0.263. The van der Waals surface area contributed by atoms with E-state index >= 15 is 0 Å². The Bertz CT molecular complexity index is 829. The van der Waals surface area contributed by atoms with Crippen molar-refractivity contribution in [2.24, 2.45) is 0 Å². The largest absolute Gasteiger partial charge is 0.479 e. The predicted molar refractivity (Wildman–Crippen MR) is 93.8 cm³/mol. The number of amides is 2. The number of likely N-dealkylation sites (N-methyl/N-ethyl adjacent to an activating group) is 1. The highest BCUT2D eigenvalue weighted by molar-refractivity contribution is 6.05. The van der Waals surface area contributed by atoms with Crippen LogP contribution in [-0.2, 0) is 4.79 Å². The van der Waals surface area contributed by atoms with E-state index in [2.05, 4.69) is 5.32 Å². The summed E-state index contributed by atoms with van der Waals surface area (Å²) in [6.45, 7) is 5.70. The first-order valence-electron chi connectivity index (χ1n) is 7.83. The Labute approximate surface area is 141 Å². The maximum Gasteiger partial charge on any atom is 0.267 e. The Morgan fingerprint density at radius 2 is 1.88 bits per heavy atom. The van der Waals surface area contributed by atoms with Gasteiger partial charge >= 0.3 is 0 Å². The van der Waals surface area contributed by atoms with E-state index < -0.39 is 6.10 Å². The van der Waals surface area contributed by atoms with Gasteiger partial charge in [-0.2, -0.15) is 0 Å². The summed E-state index contributed by atoms with van der Waals surface area (Å²) in [6.07, 6.45) is -0.501. The van der Waals surface area contributed by atoms with Gasteiger partial charge in [-0.1, -0.05) is 6.07 Å². The quantitative estimate of drug-likeness (QED) is 0.922. The van der Waals surface area contributed by atoms with Crippen LogP contribution in [0.5, 0.6) is 5.75 Å². The minimum Gasteiger partial charge on any atom is -0.479 e. The van der Waals surface area contributed by atoms with Gasteiger partial charge in [0.25, 0.3) is 11.8 Å². The monoisotopic (exact) mass is 324 g/mol. The maximum absolute atomic E-state index is 12.4. The molecule has 5 heteroatoms. The van der Waals surface area contributed by atoms with Gasteiger partial charge in [-0.25, -0.2) is 0 Å². The first kappa shape index (κ1) is 16.1. The van der Waals surface area contributed by atoms with Crippen LogP contribution in [0.15, 0.2) is 36.4 Å². The molecule has 1 unspecified atom stereocenters. The van der Waals surface area contributed by atoms with Crippen molar-refractivity contribution in [3.8, 4) is 5.75 Å². The van der Waals surface area contributed by atoms with Crippen LogP contribution in [0, 0.1) is 13.8 Å². The SMILES string of the molecule is Cc1ccc(C(=O)Nc2ccc3c(c2)N(C)C(=O)C(C)O3)cc1C. The summed E-state index contributed by atoms with van der Waals surface area (Å²) >= 11 is 0. The predicted octanol–water partition coefficient (Wildman–Crippen LogP) is 3.30. The van der Waals surface area contributed by atoms with Crippen molar-refractivity contribution in [2.75, 3.05) is 17.3 Å². The Hall–Kier alpha value is -2.82. The second-order valence-corrected chi connectivity index (χ2v) is 6.09. The van der Waals surface area contributed by atoms with Crippen molar-refractivity contribution < 1.29 is 14.3 Å². The number of nitrogens with one attached hydrogen (secondary N) is 1. The van der Waals surface area contributed by atoms with Crippen LogP contribution in [0.2, 0.25) is 0 Å². The average molecular weight is 324 g/mol. The molecule has 2 aromatic carbocycles. The minimum atomic E-state index is -0.501. The third-order valence-electron chi connectivity index (χ3n) is 4.33. The Kier molecular flexibility index (Phi) is 4.01. The molecule has 0 aliphatic carbocycles. The van der Waals surface area contributed by atoms with E-state index in [1.54, 1.807) is 43.1 Å². The third kappa shape index (κ3) is 2.85. The second-order valence-electron chi connectivity index (χ2n) is 6.09. The number of fused-ring (bicyclic) bond motifs is 1. The molecule has 2 aromatic rings. The first-order valence-corrected chi connectivity index (χ1v) is 7.83. The molecule has 1 aliphatic rings. The highest BCUT2D eigenvalue weighted by atomic mass is 16.5. The van der Waals surface area contributed by atoms with Crippen molar-refractivity contribution in [1.82, 2.24) is 0 Å². The van der Waals surface area contributed by atoms with E-state index in [0.717, 1.165) is 11.1 Å². The van der Waals surface area contributed by atoms with Gasteiger partial charge in [-0.3, -0.25) is 9.59 Å². The van der Waals surface area contributed by atoms with Gasteiger partial charge < -0.3 is 15.0 Å². The molecule has 1 N–H and O–H groups in total. The number of anilines is 2. The molecule has 5 nitrogen and oxygen atoms in total. The molecule has 0 radical (unpaired) electrons. The molecular weight excluding hydrogens is 304 g/mol. The number of aryl methyl sites for hydroxylation is 2. The van der Waals surface area contributed by atoms with Crippen LogP contribution in [0.4, 0.5) is 11.4 Å². The van der Waals surface area contributed by atoms with Gasteiger partial charge in [0, 0.05) is 18.3 Å². The zero-order chi connectivity index (χ0) is 17.4. The van der Waals surface area contributed by atoms with Crippen molar-refractivity contribution in [3.05, 3.63) is 53.1 Å². The average Bonchev–Trinajstić information content (AvgIpc) is 2.56. The van der Waals surface area contributed by atoms with E-state index in [1.165, 1.54) is 0 Å². The molecule has 0 saturated heterocycles. The van der Waals surface area contributed by atoms with Crippen LogP contribution in [0.1, 0.15) is 28.4 Å². The lowest BCUT2D eigenvalue weighted by molar-refractivity contribution is -0.125. The molecule has 0 aromatic heterocycles. The highest BCUT2D eigenvalue weighted by Gasteiger charge is 2.29. The number of hydrogen-bond acceptors (Lipinski definition) is 3. The molecule has 3 rings (SSSR count). The van der Waals surface area contributed by atoms with E-state index in [0.29, 0.717) is 22.7 Å². The molecule has 2 amide bonds. The smallest absolute Gasteiger partial charge is 0.267 e. The summed E-state index contributed by atoms with van der Waals surface area (Å²) in [7, 11) is 1.70. The summed E-state index contributed by atoms with van der Waals surface area (Å²) in [6, 6.07) is 10.9. The number of rotatable bonds is 2. The molecule has 1 atom stereocenters. The maximum atomic E-state index is 12.4. The molecule has 1 heterocycles. The zero-order valence-corrected chi connectivity index (χ0v) is 14.2. The Morgan fingerprint density at radius 1 is 1.12 bits per heavy atom. The number of ether oxygens (including phenoxy) is 1. The van der Waals surface area contributed by atoms with Crippen LogP contribution in [0.25, 0.3) is 0 Å². The van der Waals surface area contributed by atoms with Gasteiger partial charge in [0.1, 0.15) is 5.75 Å². The van der Waals surface area contributed by atoms with Gasteiger partial charge in [-0.15, -0.1) is 0 Å². The van der Waals surface area contributed by atoms with E-state index in [4.69, 9.17) is 4.74 Å². The summed E-state index contributed by atoms with van der Waals surface area (Å²) in [5.41, 5.74) is 4.09. The van der Waals surface area contributed by atoms with Crippen LogP contribution in [-0.4, -0.2) is 25.0 Å². The number of carbonyl (C=O) groups is 2. The van der Waals surface area contributed by atoms with Crippen molar-refractivity contribution in [1.29, 1.82) is 0 Å². The topological polar surface area (TPSA) is 58.6 Å². The molecule has 0 saturated carbocycles. The lowest BCUT2D eigenvalue weighted by Crippen LogP contribution is -2.41. The van der Waals surface area contributed by atoms with Gasteiger partial charge in [0.15, 0.2) is 6.10 Å². The number of benzene rings is 2. The Balaban J connectivity index is 1.85. The second kappa shape index (κ2) is 6.00. The van der Waals surface area contributed by atoms with Crippen LogP contribution < -0.4 is 15.0 Å². The number of nitrogens with zero attached hydrogens (tertiary/aromatic N) is 1. The molecule has 1 aliphatic heterocycles. The molecule has 24 heavy (non-hydrogen) atoms. The third-order valence-corrected chi connectivity index (χ3v) is 4.33.